The largest absolute Gasteiger partial charge is 0.347 e. The summed E-state index contributed by atoms with van der Waals surface area (Å²) in [5, 5.41) is 6.60. The fourth-order valence-corrected chi connectivity index (χ4v) is 3.96. The zero-order valence-corrected chi connectivity index (χ0v) is 15.5. The molecule has 4 rings (SSSR count). The highest BCUT2D eigenvalue weighted by molar-refractivity contribution is 6.05. The normalized spacial score (nSPS) is 21.6. The minimum absolute atomic E-state index is 0.0661. The van der Waals surface area contributed by atoms with Crippen molar-refractivity contribution in [3.63, 3.8) is 0 Å². The van der Waals surface area contributed by atoms with Crippen LogP contribution in [0.15, 0.2) is 34.9 Å². The first-order valence-electron chi connectivity index (χ1n) is 9.63. The van der Waals surface area contributed by atoms with Gasteiger partial charge in [-0.05, 0) is 12.8 Å². The van der Waals surface area contributed by atoms with Crippen LogP contribution in [0.3, 0.4) is 0 Å². The number of carbonyl (C=O) groups is 3. The number of likely N-dealkylation sites (tertiary alicyclic amines) is 1. The van der Waals surface area contributed by atoms with Crippen molar-refractivity contribution in [3.8, 4) is 11.4 Å². The maximum absolute atomic E-state index is 12.4. The molecule has 0 spiro atoms. The second-order valence-electron chi connectivity index (χ2n) is 7.23. The van der Waals surface area contributed by atoms with Gasteiger partial charge in [0.25, 0.3) is 0 Å². The summed E-state index contributed by atoms with van der Waals surface area (Å²) in [5.74, 6) is -0.112. The summed E-state index contributed by atoms with van der Waals surface area (Å²) in [7, 11) is 0. The van der Waals surface area contributed by atoms with Gasteiger partial charge < -0.3 is 9.84 Å². The predicted octanol–water partition coefficient (Wildman–Crippen LogP) is 1.92. The van der Waals surface area contributed by atoms with Crippen molar-refractivity contribution in [1.82, 2.24) is 20.4 Å². The van der Waals surface area contributed by atoms with Crippen LogP contribution in [-0.2, 0) is 20.9 Å². The summed E-state index contributed by atoms with van der Waals surface area (Å²) < 4.78 is 5.15. The molecule has 8 heteroatoms. The van der Waals surface area contributed by atoms with Gasteiger partial charge in [0.1, 0.15) is 0 Å². The van der Waals surface area contributed by atoms with Crippen LogP contribution < -0.4 is 5.32 Å². The van der Waals surface area contributed by atoms with E-state index < -0.39 is 0 Å². The molecule has 1 aromatic carbocycles. The Morgan fingerprint density at radius 3 is 2.46 bits per heavy atom. The molecule has 28 heavy (non-hydrogen) atoms. The SMILES string of the molecule is O=C(CCN1C(=O)[C@@H]2CCCC[C@H]2C1=O)NCc1nc(-c2ccccc2)no1. The van der Waals surface area contributed by atoms with Gasteiger partial charge in [0.05, 0.1) is 18.4 Å². The fourth-order valence-electron chi connectivity index (χ4n) is 3.96. The van der Waals surface area contributed by atoms with E-state index in [0.717, 1.165) is 31.2 Å². The summed E-state index contributed by atoms with van der Waals surface area (Å²) >= 11 is 0. The topological polar surface area (TPSA) is 105 Å². The molecule has 2 fully saturated rings. The second-order valence-corrected chi connectivity index (χ2v) is 7.23. The Morgan fingerprint density at radius 2 is 1.79 bits per heavy atom. The van der Waals surface area contributed by atoms with Crippen molar-refractivity contribution < 1.29 is 18.9 Å². The lowest BCUT2D eigenvalue weighted by Gasteiger charge is -2.19. The molecule has 0 unspecified atom stereocenters. The van der Waals surface area contributed by atoms with Crippen LogP contribution in [0, 0.1) is 11.8 Å². The fraction of sp³-hybridized carbons (Fsp3) is 0.450. The number of rotatable bonds is 6. The summed E-state index contributed by atoms with van der Waals surface area (Å²) in [6, 6.07) is 9.40. The van der Waals surface area contributed by atoms with Gasteiger partial charge in [-0.1, -0.05) is 48.3 Å². The Bertz CT molecular complexity index is 855. The number of hydrogen-bond donors (Lipinski definition) is 1. The lowest BCUT2D eigenvalue weighted by Crippen LogP contribution is -2.35. The summed E-state index contributed by atoms with van der Waals surface area (Å²) in [5.41, 5.74) is 0.830. The molecular weight excluding hydrogens is 360 g/mol. The molecule has 1 saturated heterocycles. The van der Waals surface area contributed by atoms with Gasteiger partial charge in [0.2, 0.25) is 29.4 Å². The second kappa shape index (κ2) is 7.92. The van der Waals surface area contributed by atoms with Crippen LogP contribution in [-0.4, -0.2) is 39.3 Å². The van der Waals surface area contributed by atoms with Crippen molar-refractivity contribution in [2.24, 2.45) is 11.8 Å². The highest BCUT2D eigenvalue weighted by Crippen LogP contribution is 2.37. The molecule has 1 N–H and O–H groups in total. The lowest BCUT2D eigenvalue weighted by molar-refractivity contribution is -0.140. The van der Waals surface area contributed by atoms with Gasteiger partial charge in [0.15, 0.2) is 0 Å². The van der Waals surface area contributed by atoms with Crippen LogP contribution in [0.1, 0.15) is 38.0 Å². The van der Waals surface area contributed by atoms with Crippen molar-refractivity contribution in [2.45, 2.75) is 38.6 Å². The molecule has 3 amide bonds. The summed E-state index contributed by atoms with van der Waals surface area (Å²) in [6.45, 7) is 0.224. The zero-order valence-electron chi connectivity index (χ0n) is 15.5. The molecular formula is C20H22N4O4. The Hall–Kier alpha value is -3.03. The molecule has 2 aromatic rings. The third-order valence-corrected chi connectivity index (χ3v) is 5.43. The number of aromatic nitrogens is 2. The number of carbonyl (C=O) groups excluding carboxylic acids is 3. The van der Waals surface area contributed by atoms with Crippen molar-refractivity contribution >= 4 is 17.7 Å². The molecule has 0 bridgehead atoms. The molecule has 2 heterocycles. The molecule has 2 atom stereocenters. The minimum atomic E-state index is -0.269. The maximum Gasteiger partial charge on any atom is 0.246 e. The number of benzene rings is 1. The standard InChI is InChI=1S/C20H22N4O4/c25-16(10-11-24-19(26)14-8-4-5-9-15(14)20(24)27)21-12-17-22-18(23-28-17)13-6-2-1-3-7-13/h1-3,6-7,14-15H,4-5,8-12H2,(H,21,25)/t14-,15-/m1/s1. The molecule has 1 aliphatic carbocycles. The molecule has 146 valence electrons. The zero-order chi connectivity index (χ0) is 19.5. The van der Waals surface area contributed by atoms with E-state index >= 15 is 0 Å². The first-order valence-corrected chi connectivity index (χ1v) is 9.63. The van der Waals surface area contributed by atoms with Gasteiger partial charge >= 0.3 is 0 Å². The van der Waals surface area contributed by atoms with E-state index in [2.05, 4.69) is 15.5 Å². The molecule has 1 aliphatic heterocycles. The molecule has 8 nitrogen and oxygen atoms in total. The first-order chi connectivity index (χ1) is 13.6. The van der Waals surface area contributed by atoms with E-state index in [1.165, 1.54) is 4.90 Å². The van der Waals surface area contributed by atoms with Crippen LogP contribution in [0.4, 0.5) is 0 Å². The molecule has 1 saturated carbocycles. The Morgan fingerprint density at radius 1 is 1.11 bits per heavy atom. The van der Waals surface area contributed by atoms with Crippen LogP contribution in [0.25, 0.3) is 11.4 Å². The number of amides is 3. The number of nitrogens with one attached hydrogen (secondary N) is 1. The Labute approximate surface area is 162 Å². The van der Waals surface area contributed by atoms with E-state index in [4.69, 9.17) is 4.52 Å². The first kappa shape index (κ1) is 18.3. The van der Waals surface area contributed by atoms with Crippen molar-refractivity contribution in [2.75, 3.05) is 6.54 Å². The van der Waals surface area contributed by atoms with E-state index in [-0.39, 0.29) is 49.1 Å². The molecule has 0 radical (unpaired) electrons. The van der Waals surface area contributed by atoms with E-state index in [0.29, 0.717) is 11.7 Å². The van der Waals surface area contributed by atoms with Gasteiger partial charge in [-0.2, -0.15) is 4.98 Å². The number of fused-ring (bicyclic) bond motifs is 1. The van der Waals surface area contributed by atoms with Gasteiger partial charge in [-0.15, -0.1) is 0 Å². The Balaban J connectivity index is 1.27. The van der Waals surface area contributed by atoms with Gasteiger partial charge in [-0.25, -0.2) is 0 Å². The van der Waals surface area contributed by atoms with Gasteiger partial charge in [-0.3, -0.25) is 19.3 Å². The minimum Gasteiger partial charge on any atom is -0.347 e. The third-order valence-electron chi connectivity index (χ3n) is 5.43. The smallest absolute Gasteiger partial charge is 0.246 e. The lowest BCUT2D eigenvalue weighted by atomic mass is 9.81. The van der Waals surface area contributed by atoms with Crippen LogP contribution in [0.5, 0.6) is 0 Å². The van der Waals surface area contributed by atoms with Crippen LogP contribution >= 0.6 is 0 Å². The van der Waals surface area contributed by atoms with Gasteiger partial charge in [0, 0.05) is 18.5 Å². The van der Waals surface area contributed by atoms with E-state index in [1.807, 2.05) is 30.3 Å². The van der Waals surface area contributed by atoms with E-state index in [1.54, 1.807) is 0 Å². The quantitative estimate of drug-likeness (QED) is 0.765. The third kappa shape index (κ3) is 3.67. The van der Waals surface area contributed by atoms with Crippen LogP contribution in [0.2, 0.25) is 0 Å². The average Bonchev–Trinajstić information content (AvgIpc) is 3.30. The van der Waals surface area contributed by atoms with E-state index in [9.17, 15) is 14.4 Å². The summed E-state index contributed by atoms with van der Waals surface area (Å²) in [4.78, 5) is 42.5. The average molecular weight is 382 g/mol. The Kier molecular flexibility index (Phi) is 5.18. The predicted molar refractivity (Wildman–Crippen MR) is 98.4 cm³/mol. The summed E-state index contributed by atoms with van der Waals surface area (Å²) in [6.07, 6.45) is 3.60. The monoisotopic (exact) mass is 382 g/mol. The highest BCUT2D eigenvalue weighted by atomic mass is 16.5. The molecule has 1 aromatic heterocycles. The van der Waals surface area contributed by atoms with Crippen molar-refractivity contribution in [3.05, 3.63) is 36.2 Å². The number of imide groups is 1. The number of nitrogens with zero attached hydrogens (tertiary/aromatic N) is 3. The maximum atomic E-state index is 12.4. The number of hydrogen-bond acceptors (Lipinski definition) is 6. The highest BCUT2D eigenvalue weighted by Gasteiger charge is 2.47. The van der Waals surface area contributed by atoms with Crippen molar-refractivity contribution in [1.29, 1.82) is 0 Å². The molecule has 2 aliphatic rings.